The summed E-state index contributed by atoms with van der Waals surface area (Å²) in [4.78, 5) is 8.72. The fraction of sp³-hybridized carbons (Fsp3) is 0. The highest BCUT2D eigenvalue weighted by Crippen LogP contribution is 2.35. The number of nitrogens with zero attached hydrogens (tertiary/aromatic N) is 2. The average molecular weight is 243 g/mol. The van der Waals surface area contributed by atoms with Crippen LogP contribution in [-0.4, -0.2) is 16.3 Å². The third-order valence-corrected chi connectivity index (χ3v) is 3.32. The highest BCUT2D eigenvalue weighted by atomic mass is 32.1. The molecule has 1 aliphatic rings. The number of fused-ring (bicyclic) bond motifs is 1. The van der Waals surface area contributed by atoms with Crippen LogP contribution in [0.25, 0.3) is 11.6 Å². The molecular weight excluding hydrogens is 234 g/mol. The lowest BCUT2D eigenvalue weighted by atomic mass is 10.1. The predicted molar refractivity (Wildman–Crippen MR) is 70.7 cm³/mol. The minimum absolute atomic E-state index is 0.0298. The van der Waals surface area contributed by atoms with Gasteiger partial charge in [-0.25, -0.2) is 0 Å². The average Bonchev–Trinajstić information content (AvgIpc) is 2.85. The van der Waals surface area contributed by atoms with Gasteiger partial charge in [-0.1, -0.05) is 29.5 Å². The molecule has 84 valence electrons. The van der Waals surface area contributed by atoms with Crippen LogP contribution in [0.1, 0.15) is 10.4 Å². The van der Waals surface area contributed by atoms with Crippen LogP contribution in [0, 0.1) is 0 Å². The summed E-state index contributed by atoms with van der Waals surface area (Å²) in [7, 11) is 0. The zero-order valence-corrected chi connectivity index (χ0v) is 9.61. The quantitative estimate of drug-likeness (QED) is 0.808. The van der Waals surface area contributed by atoms with Gasteiger partial charge in [0.15, 0.2) is 5.13 Å². The van der Waals surface area contributed by atoms with Crippen molar-refractivity contribution in [3.8, 4) is 5.88 Å². The number of benzene rings is 1. The van der Waals surface area contributed by atoms with Gasteiger partial charge in [-0.05, 0) is 12.1 Å². The Morgan fingerprint density at radius 2 is 2.12 bits per heavy atom. The fourth-order valence-corrected chi connectivity index (χ4v) is 2.41. The van der Waals surface area contributed by atoms with E-state index in [9.17, 15) is 5.11 Å². The van der Waals surface area contributed by atoms with Crippen LogP contribution < -0.4 is 5.73 Å². The number of aromatic hydroxyl groups is 1. The monoisotopic (exact) mass is 243 g/mol. The van der Waals surface area contributed by atoms with Gasteiger partial charge in [0.2, 0.25) is 5.88 Å². The highest BCUT2D eigenvalue weighted by Gasteiger charge is 2.13. The molecule has 5 heteroatoms. The van der Waals surface area contributed by atoms with E-state index in [0.717, 1.165) is 16.8 Å². The maximum absolute atomic E-state index is 9.57. The van der Waals surface area contributed by atoms with Gasteiger partial charge in [-0.2, -0.15) is 4.98 Å². The van der Waals surface area contributed by atoms with Gasteiger partial charge in [0.25, 0.3) is 0 Å². The Labute approximate surface area is 102 Å². The molecule has 0 amide bonds. The van der Waals surface area contributed by atoms with Crippen LogP contribution in [0.3, 0.4) is 0 Å². The first-order valence-corrected chi connectivity index (χ1v) is 5.86. The lowest BCUT2D eigenvalue weighted by Gasteiger charge is -1.97. The number of nitrogen functional groups attached to an aromatic ring is 1. The number of aliphatic imine (C=N–C) groups is 1. The lowest BCUT2D eigenvalue weighted by Crippen LogP contribution is -1.79. The van der Waals surface area contributed by atoms with E-state index in [2.05, 4.69) is 9.98 Å². The maximum atomic E-state index is 9.57. The molecule has 17 heavy (non-hydrogen) atoms. The second-order valence-corrected chi connectivity index (χ2v) is 4.68. The first-order chi connectivity index (χ1) is 8.24. The molecule has 0 saturated carbocycles. The first kappa shape index (κ1) is 10.0. The molecule has 0 atom stereocenters. The molecule has 1 aliphatic heterocycles. The Morgan fingerprint density at radius 1 is 1.29 bits per heavy atom. The number of hydrogen-bond donors (Lipinski definition) is 2. The SMILES string of the molecule is Nc1nc(O)c(/C=C2/C=Nc3ccccc32)s1. The number of allylic oxidation sites excluding steroid dienone is 1. The summed E-state index contributed by atoms with van der Waals surface area (Å²) in [5.74, 6) is -0.0298. The van der Waals surface area contributed by atoms with Crippen molar-refractivity contribution in [2.75, 3.05) is 5.73 Å². The summed E-state index contributed by atoms with van der Waals surface area (Å²) in [6.07, 6.45) is 3.62. The summed E-state index contributed by atoms with van der Waals surface area (Å²) in [5, 5.41) is 9.93. The molecule has 3 N–H and O–H groups in total. The molecule has 4 nitrogen and oxygen atoms in total. The second kappa shape index (κ2) is 3.71. The minimum atomic E-state index is -0.0298. The smallest absolute Gasteiger partial charge is 0.231 e. The van der Waals surface area contributed by atoms with Crippen molar-refractivity contribution >= 4 is 40.0 Å². The number of hydrogen-bond acceptors (Lipinski definition) is 5. The van der Waals surface area contributed by atoms with Crippen LogP contribution in [0.4, 0.5) is 10.8 Å². The summed E-state index contributed by atoms with van der Waals surface area (Å²) < 4.78 is 0. The van der Waals surface area contributed by atoms with Gasteiger partial charge < -0.3 is 10.8 Å². The number of para-hydroxylation sites is 1. The molecule has 0 aliphatic carbocycles. The van der Waals surface area contributed by atoms with Gasteiger partial charge in [0, 0.05) is 17.4 Å². The topological polar surface area (TPSA) is 71.5 Å². The van der Waals surface area contributed by atoms with Crippen LogP contribution in [0.5, 0.6) is 5.88 Å². The molecule has 2 aromatic rings. The van der Waals surface area contributed by atoms with Crippen molar-refractivity contribution in [1.82, 2.24) is 4.98 Å². The van der Waals surface area contributed by atoms with E-state index in [1.54, 1.807) is 6.21 Å². The van der Waals surface area contributed by atoms with Gasteiger partial charge in [0.1, 0.15) is 0 Å². The number of rotatable bonds is 1. The molecule has 1 aromatic carbocycles. The first-order valence-electron chi connectivity index (χ1n) is 5.04. The third-order valence-electron chi connectivity index (χ3n) is 2.50. The van der Waals surface area contributed by atoms with Crippen molar-refractivity contribution in [3.05, 3.63) is 34.7 Å². The van der Waals surface area contributed by atoms with Gasteiger partial charge in [0.05, 0.1) is 10.6 Å². The zero-order valence-electron chi connectivity index (χ0n) is 8.79. The molecule has 0 saturated heterocycles. The van der Waals surface area contributed by atoms with Crippen molar-refractivity contribution in [2.45, 2.75) is 0 Å². The third kappa shape index (κ3) is 1.70. The molecule has 0 bridgehead atoms. The molecular formula is C12H9N3OS. The Bertz CT molecular complexity index is 643. The molecule has 1 aromatic heterocycles. The largest absolute Gasteiger partial charge is 0.492 e. The van der Waals surface area contributed by atoms with E-state index in [-0.39, 0.29) is 5.88 Å². The summed E-state index contributed by atoms with van der Waals surface area (Å²) in [5.41, 5.74) is 8.49. The summed E-state index contributed by atoms with van der Waals surface area (Å²) in [6, 6.07) is 7.85. The number of thiazole rings is 1. The molecule has 2 heterocycles. The maximum Gasteiger partial charge on any atom is 0.231 e. The Morgan fingerprint density at radius 3 is 2.88 bits per heavy atom. The lowest BCUT2D eigenvalue weighted by molar-refractivity contribution is 0.457. The fourth-order valence-electron chi connectivity index (χ4n) is 1.73. The van der Waals surface area contributed by atoms with Crippen molar-refractivity contribution in [1.29, 1.82) is 0 Å². The predicted octanol–water partition coefficient (Wildman–Crippen LogP) is 2.69. The van der Waals surface area contributed by atoms with E-state index >= 15 is 0 Å². The Kier molecular flexibility index (Phi) is 2.19. The van der Waals surface area contributed by atoms with Crippen LogP contribution in [0.15, 0.2) is 29.3 Å². The van der Waals surface area contributed by atoms with E-state index < -0.39 is 0 Å². The van der Waals surface area contributed by atoms with Gasteiger partial charge in [-0.3, -0.25) is 4.99 Å². The van der Waals surface area contributed by atoms with E-state index in [1.165, 1.54) is 11.3 Å². The number of aromatic nitrogens is 1. The van der Waals surface area contributed by atoms with Gasteiger partial charge in [-0.15, -0.1) is 0 Å². The zero-order chi connectivity index (χ0) is 11.8. The summed E-state index contributed by atoms with van der Waals surface area (Å²) >= 11 is 1.25. The standard InChI is InChI=1S/C12H9N3OS/c13-12-15-11(16)10(17-12)5-7-6-14-9-4-2-1-3-8(7)9/h1-6,16H,(H2,13,15)/b7-5-. The molecule has 0 fully saturated rings. The van der Waals surface area contributed by atoms with Crippen LogP contribution in [-0.2, 0) is 0 Å². The normalized spacial score (nSPS) is 15.4. The van der Waals surface area contributed by atoms with E-state index in [1.807, 2.05) is 30.3 Å². The van der Waals surface area contributed by atoms with Crippen LogP contribution in [0.2, 0.25) is 0 Å². The Hall–Kier alpha value is -2.14. The number of anilines is 1. The molecule has 0 radical (unpaired) electrons. The van der Waals surface area contributed by atoms with E-state index in [4.69, 9.17) is 5.73 Å². The molecule has 3 rings (SSSR count). The van der Waals surface area contributed by atoms with E-state index in [0.29, 0.717) is 10.0 Å². The van der Waals surface area contributed by atoms with Crippen molar-refractivity contribution < 1.29 is 5.11 Å². The second-order valence-electron chi connectivity index (χ2n) is 3.61. The Balaban J connectivity index is 2.08. The van der Waals surface area contributed by atoms with Crippen molar-refractivity contribution in [3.63, 3.8) is 0 Å². The van der Waals surface area contributed by atoms with Gasteiger partial charge >= 0.3 is 0 Å². The van der Waals surface area contributed by atoms with Crippen molar-refractivity contribution in [2.24, 2.45) is 4.99 Å². The minimum Gasteiger partial charge on any atom is -0.492 e. The highest BCUT2D eigenvalue weighted by molar-refractivity contribution is 7.16. The summed E-state index contributed by atoms with van der Waals surface area (Å²) in [6.45, 7) is 0. The molecule has 0 unspecified atom stereocenters. The number of nitrogens with two attached hydrogens (primary N) is 1. The van der Waals surface area contributed by atoms with Crippen LogP contribution >= 0.6 is 11.3 Å². The molecule has 0 spiro atoms.